The van der Waals surface area contributed by atoms with Gasteiger partial charge in [-0.1, -0.05) is 47.8 Å². The third-order valence-corrected chi connectivity index (χ3v) is 9.58. The Hall–Kier alpha value is -3.38. The van der Waals surface area contributed by atoms with Gasteiger partial charge >= 0.3 is 0 Å². The number of sulfonamides is 1. The summed E-state index contributed by atoms with van der Waals surface area (Å²) in [5.74, 6) is -0.451. The zero-order valence-corrected chi connectivity index (χ0v) is 29.8. The van der Waals surface area contributed by atoms with Gasteiger partial charge in [-0.2, -0.15) is 0 Å². The molecule has 0 radical (unpaired) electrons. The molecule has 14 heteroatoms. The van der Waals surface area contributed by atoms with E-state index in [1.165, 1.54) is 62.6 Å². The number of amides is 2. The van der Waals surface area contributed by atoms with Gasteiger partial charge in [0, 0.05) is 23.2 Å². The fourth-order valence-electron chi connectivity index (χ4n) is 4.68. The molecule has 10 nitrogen and oxygen atoms in total. The molecule has 0 aromatic heterocycles. The first-order valence-corrected chi connectivity index (χ1v) is 16.8. The van der Waals surface area contributed by atoms with E-state index >= 15 is 0 Å². The summed E-state index contributed by atoms with van der Waals surface area (Å²) in [6.45, 7) is 6.46. The zero-order chi connectivity index (χ0) is 34.4. The number of benzene rings is 3. The highest BCUT2D eigenvalue weighted by atomic mass is 35.5. The van der Waals surface area contributed by atoms with Gasteiger partial charge in [0.15, 0.2) is 11.5 Å². The topological polar surface area (TPSA) is 114 Å². The molecule has 0 saturated carbocycles. The van der Waals surface area contributed by atoms with Crippen LogP contribution in [0.5, 0.6) is 17.2 Å². The van der Waals surface area contributed by atoms with Crippen LogP contribution in [0, 0.1) is 0 Å². The number of ether oxygens (including phenoxy) is 3. The van der Waals surface area contributed by atoms with Crippen molar-refractivity contribution in [1.82, 2.24) is 10.2 Å². The molecule has 1 atom stereocenters. The van der Waals surface area contributed by atoms with Gasteiger partial charge < -0.3 is 24.4 Å². The van der Waals surface area contributed by atoms with Crippen LogP contribution in [-0.2, 0) is 26.2 Å². The second kappa shape index (κ2) is 15.5. The van der Waals surface area contributed by atoms with Crippen LogP contribution >= 0.6 is 34.8 Å². The maximum atomic E-state index is 14.4. The van der Waals surface area contributed by atoms with Crippen molar-refractivity contribution >= 4 is 62.3 Å². The van der Waals surface area contributed by atoms with E-state index < -0.39 is 40.0 Å². The van der Waals surface area contributed by atoms with Crippen LogP contribution in [0.3, 0.4) is 0 Å². The number of hydrogen-bond donors (Lipinski definition) is 1. The van der Waals surface area contributed by atoms with E-state index in [-0.39, 0.29) is 45.1 Å². The van der Waals surface area contributed by atoms with Crippen LogP contribution in [0.2, 0.25) is 15.1 Å². The van der Waals surface area contributed by atoms with Crippen LogP contribution in [0.15, 0.2) is 59.5 Å². The highest BCUT2D eigenvalue weighted by molar-refractivity contribution is 7.92. The predicted molar refractivity (Wildman–Crippen MR) is 181 cm³/mol. The molecule has 3 aromatic carbocycles. The first-order chi connectivity index (χ1) is 21.6. The molecule has 2 amide bonds. The Bertz CT molecular complexity index is 1680. The highest BCUT2D eigenvalue weighted by Crippen LogP contribution is 2.37. The number of hydrogen-bond acceptors (Lipinski definition) is 7. The van der Waals surface area contributed by atoms with Gasteiger partial charge in [0.1, 0.15) is 18.3 Å². The van der Waals surface area contributed by atoms with E-state index in [9.17, 15) is 18.0 Å². The normalized spacial score (nSPS) is 12.2. The van der Waals surface area contributed by atoms with E-state index in [1.807, 2.05) is 20.8 Å². The smallest absolute Gasteiger partial charge is 0.265 e. The fraction of sp³-hybridized carbons (Fsp3) is 0.375. The fourth-order valence-corrected chi connectivity index (χ4v) is 6.60. The first-order valence-electron chi connectivity index (χ1n) is 14.2. The first kappa shape index (κ1) is 37.1. The second-order valence-electron chi connectivity index (χ2n) is 11.3. The molecule has 0 saturated heterocycles. The van der Waals surface area contributed by atoms with Gasteiger partial charge in [-0.15, -0.1) is 0 Å². The number of carbonyl (C=O) groups is 2. The Labute approximate surface area is 285 Å². The molecule has 0 aliphatic heterocycles. The maximum Gasteiger partial charge on any atom is 0.265 e. The van der Waals surface area contributed by atoms with Crippen molar-refractivity contribution in [3.8, 4) is 17.2 Å². The Morgan fingerprint density at radius 3 is 2.04 bits per heavy atom. The van der Waals surface area contributed by atoms with E-state index in [2.05, 4.69) is 5.32 Å². The SMILES string of the molecule is CC[C@H](C(=O)NC(C)(C)C)N(Cc1ccc(Cl)c(Cl)c1)C(=O)CN(c1cc(Cl)ccc1OC)S(=O)(=O)c1ccc(OC)c(OC)c1. The van der Waals surface area contributed by atoms with Crippen LogP contribution in [0.4, 0.5) is 5.69 Å². The lowest BCUT2D eigenvalue weighted by Crippen LogP contribution is -2.55. The number of halogens is 3. The van der Waals surface area contributed by atoms with Gasteiger partial charge in [-0.05, 0) is 75.2 Å². The lowest BCUT2D eigenvalue weighted by molar-refractivity contribution is -0.141. The second-order valence-corrected chi connectivity index (χ2v) is 14.4. The largest absolute Gasteiger partial charge is 0.495 e. The van der Waals surface area contributed by atoms with Crippen LogP contribution in [0.25, 0.3) is 0 Å². The average molecular weight is 715 g/mol. The van der Waals surface area contributed by atoms with Gasteiger partial charge in [0.05, 0.1) is 42.0 Å². The Balaban J connectivity index is 2.20. The number of carbonyl (C=O) groups excluding carboxylic acids is 2. The third-order valence-electron chi connectivity index (χ3n) is 6.85. The van der Waals surface area contributed by atoms with Gasteiger partial charge in [0.25, 0.3) is 10.0 Å². The molecule has 0 unspecified atom stereocenters. The van der Waals surface area contributed by atoms with Gasteiger partial charge in [-0.3, -0.25) is 13.9 Å². The lowest BCUT2D eigenvalue weighted by atomic mass is 10.1. The molecule has 3 aromatic rings. The number of nitrogens with one attached hydrogen (secondary N) is 1. The minimum Gasteiger partial charge on any atom is -0.495 e. The summed E-state index contributed by atoms with van der Waals surface area (Å²) in [6, 6.07) is 12.4. The van der Waals surface area contributed by atoms with E-state index in [1.54, 1.807) is 25.1 Å². The summed E-state index contributed by atoms with van der Waals surface area (Å²) in [5.41, 5.74) is -0.000981. The third kappa shape index (κ3) is 8.90. The summed E-state index contributed by atoms with van der Waals surface area (Å²) in [7, 11) is -0.307. The van der Waals surface area contributed by atoms with Crippen LogP contribution < -0.4 is 23.8 Å². The molecule has 0 bridgehead atoms. The van der Waals surface area contributed by atoms with Gasteiger partial charge in [0.2, 0.25) is 11.8 Å². The molecule has 0 fully saturated rings. The van der Waals surface area contributed by atoms with Crippen molar-refractivity contribution in [3.63, 3.8) is 0 Å². The number of methoxy groups -OCH3 is 3. The van der Waals surface area contributed by atoms with Gasteiger partial charge in [-0.25, -0.2) is 8.42 Å². The maximum absolute atomic E-state index is 14.4. The Morgan fingerprint density at radius 2 is 1.48 bits per heavy atom. The molecule has 250 valence electrons. The Morgan fingerprint density at radius 1 is 0.848 bits per heavy atom. The van der Waals surface area contributed by atoms with E-state index in [4.69, 9.17) is 49.0 Å². The number of rotatable bonds is 13. The van der Waals surface area contributed by atoms with Crippen molar-refractivity contribution in [2.45, 2.75) is 57.1 Å². The monoisotopic (exact) mass is 713 g/mol. The summed E-state index contributed by atoms with van der Waals surface area (Å²) < 4.78 is 45.8. The molecule has 0 spiro atoms. The van der Waals surface area contributed by atoms with Crippen molar-refractivity contribution in [3.05, 3.63) is 75.2 Å². The molecule has 0 aliphatic rings. The summed E-state index contributed by atoms with van der Waals surface area (Å²) in [6.07, 6.45) is 0.234. The quantitative estimate of drug-likeness (QED) is 0.213. The minimum atomic E-state index is -4.48. The molecule has 1 N–H and O–H groups in total. The summed E-state index contributed by atoms with van der Waals surface area (Å²) in [5, 5.41) is 3.72. The molecule has 0 aliphatic carbocycles. The minimum absolute atomic E-state index is 0.0137. The molecule has 0 heterocycles. The molecular weight excluding hydrogens is 677 g/mol. The standard InChI is InChI=1S/C32H38Cl3N3O7S/c1-8-25(31(40)36-32(2,3)4)37(18-20-9-12-23(34)24(35)15-20)30(39)19-38(26-16-21(33)10-13-27(26)43-5)46(41,42)22-11-14-28(44-6)29(17-22)45-7/h9-17,25H,8,18-19H2,1-7H3,(H,36,40)/t25-/m1/s1. The van der Waals surface area contributed by atoms with Crippen LogP contribution in [0.1, 0.15) is 39.7 Å². The van der Waals surface area contributed by atoms with Crippen LogP contribution in [-0.4, -0.2) is 64.6 Å². The zero-order valence-electron chi connectivity index (χ0n) is 26.7. The van der Waals surface area contributed by atoms with Crippen molar-refractivity contribution in [1.29, 1.82) is 0 Å². The summed E-state index contributed by atoms with van der Waals surface area (Å²) in [4.78, 5) is 29.1. The number of anilines is 1. The van der Waals surface area contributed by atoms with Crippen molar-refractivity contribution in [2.75, 3.05) is 32.2 Å². The predicted octanol–water partition coefficient (Wildman–Crippen LogP) is 6.59. The molecule has 46 heavy (non-hydrogen) atoms. The Kier molecular flexibility index (Phi) is 12.5. The van der Waals surface area contributed by atoms with Crippen molar-refractivity contribution < 1.29 is 32.2 Å². The lowest BCUT2D eigenvalue weighted by Gasteiger charge is -2.35. The highest BCUT2D eigenvalue weighted by Gasteiger charge is 2.36. The number of nitrogens with zero attached hydrogens (tertiary/aromatic N) is 2. The van der Waals surface area contributed by atoms with E-state index in [0.29, 0.717) is 16.3 Å². The average Bonchev–Trinajstić information content (AvgIpc) is 2.99. The van der Waals surface area contributed by atoms with E-state index in [0.717, 1.165) is 4.31 Å². The molecule has 3 rings (SSSR count). The van der Waals surface area contributed by atoms with Crippen molar-refractivity contribution in [2.24, 2.45) is 0 Å². The summed E-state index contributed by atoms with van der Waals surface area (Å²) >= 11 is 18.7. The molecular formula is C32H38Cl3N3O7S.